The molecule has 0 radical (unpaired) electrons. The van der Waals surface area contributed by atoms with Crippen molar-refractivity contribution in [1.82, 2.24) is 5.32 Å². The van der Waals surface area contributed by atoms with Gasteiger partial charge < -0.3 is 15.3 Å². The maximum absolute atomic E-state index is 9.58. The molecule has 19 heavy (non-hydrogen) atoms. The highest BCUT2D eigenvalue weighted by molar-refractivity contribution is 5.54. The topological polar surface area (TPSA) is 35.5 Å². The van der Waals surface area contributed by atoms with Crippen LogP contribution in [0.2, 0.25) is 0 Å². The molecule has 0 spiro atoms. The molecule has 1 heterocycles. The Kier molecular flexibility index (Phi) is 4.04. The summed E-state index contributed by atoms with van der Waals surface area (Å²) in [6, 6.07) is 9.69. The molecule has 1 aromatic rings. The van der Waals surface area contributed by atoms with Crippen molar-refractivity contribution in [2.75, 3.05) is 18.1 Å². The molecule has 1 saturated carbocycles. The zero-order chi connectivity index (χ0) is 13.1. The summed E-state index contributed by atoms with van der Waals surface area (Å²) >= 11 is 0. The van der Waals surface area contributed by atoms with Crippen molar-refractivity contribution in [1.29, 1.82) is 0 Å². The lowest BCUT2D eigenvalue weighted by atomic mass is 10.00. The van der Waals surface area contributed by atoms with Crippen LogP contribution in [0.25, 0.3) is 0 Å². The maximum atomic E-state index is 9.58. The average Bonchev–Trinajstić information content (AvgIpc) is 3.29. The molecule has 2 N–H and O–H groups in total. The molecule has 0 bridgehead atoms. The van der Waals surface area contributed by atoms with E-state index in [1.165, 1.54) is 36.9 Å². The Balaban J connectivity index is 1.76. The molecular formula is C16H24N2O. The second kappa shape index (κ2) is 5.93. The third kappa shape index (κ3) is 3.10. The lowest BCUT2D eigenvalue weighted by Gasteiger charge is -2.37. The lowest BCUT2D eigenvalue weighted by molar-refractivity contribution is 0.240. The molecule has 1 atom stereocenters. The number of hydrogen-bond acceptors (Lipinski definition) is 3. The monoisotopic (exact) mass is 260 g/mol. The number of aliphatic hydroxyl groups is 1. The first-order chi connectivity index (χ1) is 9.38. The van der Waals surface area contributed by atoms with E-state index < -0.39 is 0 Å². The van der Waals surface area contributed by atoms with Crippen LogP contribution < -0.4 is 10.2 Å². The predicted molar refractivity (Wildman–Crippen MR) is 78.4 cm³/mol. The number of nitrogens with zero attached hydrogens (tertiary/aromatic N) is 1. The Labute approximate surface area is 115 Å². The van der Waals surface area contributed by atoms with E-state index >= 15 is 0 Å². The highest BCUT2D eigenvalue weighted by atomic mass is 16.3. The largest absolute Gasteiger partial charge is 0.394 e. The number of nitrogens with one attached hydrogen (secondary N) is 1. The van der Waals surface area contributed by atoms with E-state index in [1.807, 2.05) is 0 Å². The van der Waals surface area contributed by atoms with Crippen molar-refractivity contribution in [3.8, 4) is 0 Å². The van der Waals surface area contributed by atoms with Crippen molar-refractivity contribution in [3.05, 3.63) is 29.8 Å². The van der Waals surface area contributed by atoms with Gasteiger partial charge in [0.1, 0.15) is 0 Å². The van der Waals surface area contributed by atoms with Gasteiger partial charge in [0.15, 0.2) is 0 Å². The van der Waals surface area contributed by atoms with Gasteiger partial charge in [0, 0.05) is 24.8 Å². The van der Waals surface area contributed by atoms with Gasteiger partial charge in [0.2, 0.25) is 0 Å². The van der Waals surface area contributed by atoms with Crippen LogP contribution in [0, 0.1) is 0 Å². The summed E-state index contributed by atoms with van der Waals surface area (Å²) in [5.41, 5.74) is 2.68. The first kappa shape index (κ1) is 12.9. The number of para-hydroxylation sites is 1. The van der Waals surface area contributed by atoms with Gasteiger partial charge in [0.25, 0.3) is 0 Å². The van der Waals surface area contributed by atoms with Gasteiger partial charge in [0.05, 0.1) is 12.6 Å². The first-order valence-electron chi connectivity index (χ1n) is 7.57. The summed E-state index contributed by atoms with van der Waals surface area (Å²) < 4.78 is 0. The Morgan fingerprint density at radius 3 is 2.79 bits per heavy atom. The fourth-order valence-corrected chi connectivity index (χ4v) is 2.99. The number of piperidine rings is 1. The van der Waals surface area contributed by atoms with Crippen LogP contribution in [0.3, 0.4) is 0 Å². The molecule has 0 aromatic heterocycles. The third-order valence-electron chi connectivity index (χ3n) is 4.30. The number of hydrogen-bond donors (Lipinski definition) is 2. The van der Waals surface area contributed by atoms with Gasteiger partial charge in [-0.2, -0.15) is 0 Å². The van der Waals surface area contributed by atoms with Crippen LogP contribution in [0.15, 0.2) is 24.3 Å². The normalized spacial score (nSPS) is 23.6. The Morgan fingerprint density at radius 1 is 1.16 bits per heavy atom. The lowest BCUT2D eigenvalue weighted by Crippen LogP contribution is -2.42. The van der Waals surface area contributed by atoms with Crippen molar-refractivity contribution < 1.29 is 5.11 Å². The van der Waals surface area contributed by atoms with Crippen molar-refractivity contribution in [2.45, 2.75) is 50.7 Å². The molecule has 1 aromatic carbocycles. The minimum absolute atomic E-state index is 0.268. The first-order valence-corrected chi connectivity index (χ1v) is 7.57. The summed E-state index contributed by atoms with van der Waals surface area (Å²) in [6.45, 7) is 2.30. The summed E-state index contributed by atoms with van der Waals surface area (Å²) in [6.07, 6.45) is 6.24. The van der Waals surface area contributed by atoms with Crippen molar-refractivity contribution in [3.63, 3.8) is 0 Å². The second-order valence-electron chi connectivity index (χ2n) is 5.81. The maximum Gasteiger partial charge on any atom is 0.0635 e. The molecule has 1 saturated heterocycles. The van der Waals surface area contributed by atoms with E-state index in [-0.39, 0.29) is 6.61 Å². The summed E-state index contributed by atoms with van der Waals surface area (Å²) in [4.78, 5) is 2.41. The van der Waals surface area contributed by atoms with E-state index in [0.29, 0.717) is 6.04 Å². The van der Waals surface area contributed by atoms with Crippen LogP contribution >= 0.6 is 0 Å². The highest BCUT2D eigenvalue weighted by Crippen LogP contribution is 2.28. The SMILES string of the molecule is OCC1CCCCN1c1ccccc1CNC1CC1. The minimum Gasteiger partial charge on any atom is -0.394 e. The molecule has 1 aliphatic carbocycles. The molecule has 3 rings (SSSR count). The predicted octanol–water partition coefficient (Wildman–Crippen LogP) is 2.29. The van der Waals surface area contributed by atoms with E-state index in [0.717, 1.165) is 25.6 Å². The number of rotatable bonds is 5. The fourth-order valence-electron chi connectivity index (χ4n) is 2.99. The highest BCUT2D eigenvalue weighted by Gasteiger charge is 2.24. The molecular weight excluding hydrogens is 236 g/mol. The zero-order valence-corrected chi connectivity index (χ0v) is 11.5. The molecule has 3 heteroatoms. The Bertz CT molecular complexity index is 417. The molecule has 0 amide bonds. The Hall–Kier alpha value is -1.06. The van der Waals surface area contributed by atoms with Gasteiger partial charge in [-0.1, -0.05) is 18.2 Å². The van der Waals surface area contributed by atoms with Crippen molar-refractivity contribution in [2.24, 2.45) is 0 Å². The quantitative estimate of drug-likeness (QED) is 0.852. The number of anilines is 1. The van der Waals surface area contributed by atoms with Crippen LogP contribution in [0.4, 0.5) is 5.69 Å². The standard InChI is InChI=1S/C16H24N2O/c19-12-15-6-3-4-10-18(15)16-7-2-1-5-13(16)11-17-14-8-9-14/h1-2,5,7,14-15,17,19H,3-4,6,8-12H2. The van der Waals surface area contributed by atoms with E-state index in [4.69, 9.17) is 0 Å². The molecule has 1 aliphatic heterocycles. The fraction of sp³-hybridized carbons (Fsp3) is 0.625. The minimum atomic E-state index is 0.268. The average molecular weight is 260 g/mol. The van der Waals surface area contributed by atoms with Crippen LogP contribution in [0.1, 0.15) is 37.7 Å². The van der Waals surface area contributed by atoms with E-state index in [9.17, 15) is 5.11 Å². The van der Waals surface area contributed by atoms with Gasteiger partial charge in [-0.3, -0.25) is 0 Å². The van der Waals surface area contributed by atoms with Crippen LogP contribution in [0.5, 0.6) is 0 Å². The van der Waals surface area contributed by atoms with Gasteiger partial charge in [-0.05, 0) is 43.7 Å². The third-order valence-corrected chi connectivity index (χ3v) is 4.30. The molecule has 104 valence electrons. The smallest absolute Gasteiger partial charge is 0.0635 e. The second-order valence-corrected chi connectivity index (χ2v) is 5.81. The zero-order valence-electron chi connectivity index (χ0n) is 11.5. The van der Waals surface area contributed by atoms with E-state index in [2.05, 4.69) is 34.5 Å². The summed E-state index contributed by atoms with van der Waals surface area (Å²) in [7, 11) is 0. The molecule has 3 nitrogen and oxygen atoms in total. The Morgan fingerprint density at radius 2 is 2.00 bits per heavy atom. The van der Waals surface area contributed by atoms with E-state index in [1.54, 1.807) is 0 Å². The molecule has 2 fully saturated rings. The van der Waals surface area contributed by atoms with Gasteiger partial charge >= 0.3 is 0 Å². The molecule has 1 unspecified atom stereocenters. The number of benzene rings is 1. The van der Waals surface area contributed by atoms with Crippen molar-refractivity contribution >= 4 is 5.69 Å². The molecule has 2 aliphatic rings. The van der Waals surface area contributed by atoms with Gasteiger partial charge in [-0.25, -0.2) is 0 Å². The van der Waals surface area contributed by atoms with Gasteiger partial charge in [-0.15, -0.1) is 0 Å². The van der Waals surface area contributed by atoms with Crippen LogP contribution in [-0.2, 0) is 6.54 Å². The number of aliphatic hydroxyl groups excluding tert-OH is 1. The van der Waals surface area contributed by atoms with Crippen LogP contribution in [-0.4, -0.2) is 30.3 Å². The summed E-state index contributed by atoms with van der Waals surface area (Å²) in [5.74, 6) is 0. The summed E-state index contributed by atoms with van der Waals surface area (Å²) in [5, 5.41) is 13.2.